The normalized spacial score (nSPS) is 9.86. The van der Waals surface area contributed by atoms with E-state index >= 15 is 0 Å². The Morgan fingerprint density at radius 1 is 1.36 bits per heavy atom. The molecule has 0 saturated carbocycles. The van der Waals surface area contributed by atoms with Crippen molar-refractivity contribution < 1.29 is 9.53 Å². The lowest BCUT2D eigenvalue weighted by molar-refractivity contribution is -0.120. The number of ketones is 1. The van der Waals surface area contributed by atoms with Gasteiger partial charge in [0, 0.05) is 11.3 Å². The van der Waals surface area contributed by atoms with E-state index in [2.05, 4.69) is 0 Å². The molecule has 0 N–H and O–H groups in total. The molecule has 0 radical (unpaired) electrons. The number of carbonyl (C=O) groups excluding carboxylic acids is 1. The number of Topliss-reactive ketones (excluding diaryl/α,β-unsaturated/α-hetero) is 1. The van der Waals surface area contributed by atoms with Gasteiger partial charge in [-0.05, 0) is 30.5 Å². The van der Waals surface area contributed by atoms with Crippen LogP contribution in [0.4, 0.5) is 0 Å². The minimum atomic E-state index is 0.124. The lowest BCUT2D eigenvalue weighted by Crippen LogP contribution is -2.09. The van der Waals surface area contributed by atoms with Gasteiger partial charge < -0.3 is 4.74 Å². The predicted octanol–water partition coefficient (Wildman–Crippen LogP) is 2.77. The molecule has 0 saturated heterocycles. The fraction of sp³-hybridized carbons (Fsp3) is 0.364. The van der Waals surface area contributed by atoms with E-state index in [4.69, 9.17) is 4.74 Å². The van der Waals surface area contributed by atoms with E-state index in [-0.39, 0.29) is 12.4 Å². The molecule has 0 aliphatic heterocycles. The highest BCUT2D eigenvalue weighted by Crippen LogP contribution is 2.18. The SMILES string of the molecule is CCC(=O)COc1ccc(SC)cc1. The first-order valence-corrected chi connectivity index (χ1v) is 5.77. The van der Waals surface area contributed by atoms with Crippen LogP contribution in [0.2, 0.25) is 0 Å². The Morgan fingerprint density at radius 3 is 2.50 bits per heavy atom. The Kier molecular flexibility index (Phi) is 4.53. The van der Waals surface area contributed by atoms with Crippen LogP contribution in [-0.4, -0.2) is 18.6 Å². The van der Waals surface area contributed by atoms with Crippen molar-refractivity contribution in [3.63, 3.8) is 0 Å². The third-order valence-corrected chi connectivity index (χ3v) is 2.60. The summed E-state index contributed by atoms with van der Waals surface area (Å²) in [5, 5.41) is 0. The van der Waals surface area contributed by atoms with E-state index in [1.165, 1.54) is 4.90 Å². The first kappa shape index (κ1) is 11.1. The van der Waals surface area contributed by atoms with Crippen molar-refractivity contribution in [3.05, 3.63) is 24.3 Å². The molecule has 0 bridgehead atoms. The van der Waals surface area contributed by atoms with Gasteiger partial charge in [0.2, 0.25) is 0 Å². The molecule has 0 aliphatic carbocycles. The van der Waals surface area contributed by atoms with Gasteiger partial charge >= 0.3 is 0 Å². The van der Waals surface area contributed by atoms with Crippen LogP contribution in [0, 0.1) is 0 Å². The van der Waals surface area contributed by atoms with Gasteiger partial charge in [0.1, 0.15) is 12.4 Å². The fourth-order valence-electron chi connectivity index (χ4n) is 0.938. The Hall–Kier alpha value is -0.960. The van der Waals surface area contributed by atoms with Crippen molar-refractivity contribution in [1.29, 1.82) is 0 Å². The zero-order valence-electron chi connectivity index (χ0n) is 8.45. The quantitative estimate of drug-likeness (QED) is 0.699. The molecule has 2 nitrogen and oxygen atoms in total. The van der Waals surface area contributed by atoms with Crippen LogP contribution in [0.5, 0.6) is 5.75 Å². The molecule has 3 heteroatoms. The molecule has 1 aromatic carbocycles. The summed E-state index contributed by atoms with van der Waals surface area (Å²) in [6.07, 6.45) is 2.55. The average molecular weight is 210 g/mol. The minimum Gasteiger partial charge on any atom is -0.486 e. The van der Waals surface area contributed by atoms with Crippen LogP contribution in [0.25, 0.3) is 0 Å². The van der Waals surface area contributed by atoms with Crippen LogP contribution >= 0.6 is 11.8 Å². The topological polar surface area (TPSA) is 26.3 Å². The smallest absolute Gasteiger partial charge is 0.169 e. The van der Waals surface area contributed by atoms with Crippen molar-refractivity contribution in [2.45, 2.75) is 18.2 Å². The van der Waals surface area contributed by atoms with E-state index in [0.717, 1.165) is 5.75 Å². The predicted molar refractivity (Wildman–Crippen MR) is 59.0 cm³/mol. The van der Waals surface area contributed by atoms with Crippen LogP contribution in [0.3, 0.4) is 0 Å². The number of hydrogen-bond acceptors (Lipinski definition) is 3. The Labute approximate surface area is 88.7 Å². The van der Waals surface area contributed by atoms with E-state index in [1.54, 1.807) is 11.8 Å². The van der Waals surface area contributed by atoms with E-state index < -0.39 is 0 Å². The maximum Gasteiger partial charge on any atom is 0.169 e. The van der Waals surface area contributed by atoms with Gasteiger partial charge in [0.05, 0.1) is 0 Å². The highest BCUT2D eigenvalue weighted by atomic mass is 32.2. The number of carbonyl (C=O) groups is 1. The van der Waals surface area contributed by atoms with E-state index in [1.807, 2.05) is 37.4 Å². The third kappa shape index (κ3) is 3.42. The summed E-state index contributed by atoms with van der Waals surface area (Å²) in [6, 6.07) is 7.73. The molecule has 0 fully saturated rings. The summed E-state index contributed by atoms with van der Waals surface area (Å²) in [5.74, 6) is 0.878. The lowest BCUT2D eigenvalue weighted by Gasteiger charge is -2.04. The minimum absolute atomic E-state index is 0.124. The van der Waals surface area contributed by atoms with Gasteiger partial charge in [0.25, 0.3) is 0 Å². The van der Waals surface area contributed by atoms with Crippen LogP contribution in [-0.2, 0) is 4.79 Å². The van der Waals surface area contributed by atoms with Crippen LogP contribution in [0.15, 0.2) is 29.2 Å². The van der Waals surface area contributed by atoms with Crippen LogP contribution < -0.4 is 4.74 Å². The van der Waals surface area contributed by atoms with Crippen molar-refractivity contribution in [3.8, 4) is 5.75 Å². The summed E-state index contributed by atoms with van der Waals surface area (Å²) in [6.45, 7) is 2.01. The molecule has 14 heavy (non-hydrogen) atoms. The second kappa shape index (κ2) is 5.70. The summed E-state index contributed by atoms with van der Waals surface area (Å²) >= 11 is 1.68. The monoisotopic (exact) mass is 210 g/mol. The Balaban J connectivity index is 2.47. The number of thioether (sulfide) groups is 1. The largest absolute Gasteiger partial charge is 0.486 e. The zero-order valence-corrected chi connectivity index (χ0v) is 9.26. The number of hydrogen-bond donors (Lipinski definition) is 0. The molecule has 76 valence electrons. The third-order valence-electron chi connectivity index (χ3n) is 1.85. The molecule has 0 aliphatic rings. The Morgan fingerprint density at radius 2 is 2.00 bits per heavy atom. The molecular formula is C11H14O2S. The zero-order chi connectivity index (χ0) is 10.4. The van der Waals surface area contributed by atoms with Crippen molar-refractivity contribution >= 4 is 17.5 Å². The van der Waals surface area contributed by atoms with Crippen molar-refractivity contribution in [2.75, 3.05) is 12.9 Å². The van der Waals surface area contributed by atoms with Gasteiger partial charge in [-0.3, -0.25) is 4.79 Å². The average Bonchev–Trinajstić information content (AvgIpc) is 2.26. The molecule has 0 heterocycles. The Bertz CT molecular complexity index is 293. The van der Waals surface area contributed by atoms with E-state index in [0.29, 0.717) is 6.42 Å². The molecule has 0 unspecified atom stereocenters. The second-order valence-electron chi connectivity index (χ2n) is 2.86. The van der Waals surface area contributed by atoms with Crippen molar-refractivity contribution in [1.82, 2.24) is 0 Å². The molecule has 0 spiro atoms. The van der Waals surface area contributed by atoms with Gasteiger partial charge in [-0.25, -0.2) is 0 Å². The fourth-order valence-corrected chi connectivity index (χ4v) is 1.35. The number of ether oxygens (including phenoxy) is 1. The summed E-state index contributed by atoms with van der Waals surface area (Å²) in [7, 11) is 0. The van der Waals surface area contributed by atoms with Gasteiger partial charge in [-0.2, -0.15) is 0 Å². The van der Waals surface area contributed by atoms with E-state index in [9.17, 15) is 4.79 Å². The molecule has 1 aromatic rings. The van der Waals surface area contributed by atoms with Crippen LogP contribution in [0.1, 0.15) is 13.3 Å². The highest BCUT2D eigenvalue weighted by molar-refractivity contribution is 7.98. The summed E-state index contributed by atoms with van der Waals surface area (Å²) in [5.41, 5.74) is 0. The molecular weight excluding hydrogens is 196 g/mol. The second-order valence-corrected chi connectivity index (χ2v) is 3.74. The molecule has 0 amide bonds. The van der Waals surface area contributed by atoms with Gasteiger partial charge in [0.15, 0.2) is 5.78 Å². The standard InChI is InChI=1S/C11H14O2S/c1-3-9(12)8-13-10-4-6-11(14-2)7-5-10/h4-7H,3,8H2,1-2H3. The van der Waals surface area contributed by atoms with Gasteiger partial charge in [-0.1, -0.05) is 6.92 Å². The maximum atomic E-state index is 11.0. The first-order valence-electron chi connectivity index (χ1n) is 4.54. The lowest BCUT2D eigenvalue weighted by atomic mass is 10.3. The number of benzene rings is 1. The summed E-state index contributed by atoms with van der Waals surface area (Å²) in [4.78, 5) is 12.2. The maximum absolute atomic E-state index is 11.0. The highest BCUT2D eigenvalue weighted by Gasteiger charge is 1.99. The first-order chi connectivity index (χ1) is 6.76. The molecule has 0 atom stereocenters. The number of rotatable bonds is 5. The summed E-state index contributed by atoms with van der Waals surface area (Å²) < 4.78 is 5.30. The molecule has 1 rings (SSSR count). The van der Waals surface area contributed by atoms with Crippen molar-refractivity contribution in [2.24, 2.45) is 0 Å². The molecule has 0 aromatic heterocycles. The van der Waals surface area contributed by atoms with Gasteiger partial charge in [-0.15, -0.1) is 11.8 Å².